The van der Waals surface area contributed by atoms with Crippen molar-refractivity contribution < 1.29 is 0 Å². The number of anilines is 6. The lowest BCUT2D eigenvalue weighted by Gasteiger charge is -2.29. The number of fused-ring (bicyclic) bond motifs is 15. The van der Waals surface area contributed by atoms with Crippen molar-refractivity contribution in [2.24, 2.45) is 0 Å². The Labute approximate surface area is 509 Å². The highest BCUT2D eigenvalue weighted by Gasteiger charge is 2.40. The predicted molar refractivity (Wildman–Crippen MR) is 369 cm³/mol. The molecule has 0 radical (unpaired) electrons. The summed E-state index contributed by atoms with van der Waals surface area (Å²) >= 11 is 0. The van der Waals surface area contributed by atoms with E-state index >= 15 is 0 Å². The van der Waals surface area contributed by atoms with Gasteiger partial charge >= 0.3 is 0 Å². The molecular weight excluding hydrogens is 1050 g/mol. The fourth-order valence-corrected chi connectivity index (χ4v) is 16.1. The van der Waals surface area contributed by atoms with Gasteiger partial charge in [0.05, 0.1) is 0 Å². The van der Waals surface area contributed by atoms with Crippen molar-refractivity contribution in [3.05, 3.63) is 312 Å². The molecule has 0 aromatic heterocycles. The zero-order valence-electron chi connectivity index (χ0n) is 50.0. The Morgan fingerprint density at radius 3 is 1.07 bits per heavy atom. The Morgan fingerprint density at radius 2 is 0.575 bits per heavy atom. The number of rotatable bonds is 8. The van der Waals surface area contributed by atoms with E-state index in [1.165, 1.54) is 132 Å². The lowest BCUT2D eigenvalue weighted by Crippen LogP contribution is -2.16. The lowest BCUT2D eigenvalue weighted by molar-refractivity contribution is 0.660. The van der Waals surface area contributed by atoms with Crippen molar-refractivity contribution in [1.29, 1.82) is 0 Å². The Hall–Kier alpha value is -10.3. The Kier molecular flexibility index (Phi) is 11.1. The second-order valence-corrected chi connectivity index (χ2v) is 26.0. The average molecular weight is 1110 g/mol. The van der Waals surface area contributed by atoms with Gasteiger partial charge in [-0.2, -0.15) is 0 Å². The first kappa shape index (κ1) is 51.2. The van der Waals surface area contributed by atoms with Crippen molar-refractivity contribution in [2.45, 2.75) is 57.8 Å². The summed E-state index contributed by atoms with van der Waals surface area (Å²) in [6.45, 7) is 14.5. The minimum atomic E-state index is -0.261. The molecule has 0 heterocycles. The van der Waals surface area contributed by atoms with E-state index in [0.717, 1.165) is 34.1 Å². The molecule has 17 rings (SSSR count). The molecule has 0 aliphatic heterocycles. The highest BCUT2D eigenvalue weighted by molar-refractivity contribution is 6.23. The first-order valence-corrected chi connectivity index (χ1v) is 30.8. The van der Waals surface area contributed by atoms with Crippen LogP contribution in [0.5, 0.6) is 0 Å². The van der Waals surface area contributed by atoms with Crippen LogP contribution in [-0.4, -0.2) is 0 Å². The molecule has 0 saturated carbocycles. The zero-order valence-corrected chi connectivity index (χ0v) is 50.0. The van der Waals surface area contributed by atoms with Crippen LogP contribution in [0.2, 0.25) is 0 Å². The molecule has 3 aliphatic rings. The van der Waals surface area contributed by atoms with E-state index in [9.17, 15) is 0 Å². The summed E-state index contributed by atoms with van der Waals surface area (Å²) in [4.78, 5) is 4.90. The van der Waals surface area contributed by atoms with Crippen LogP contribution in [0, 0.1) is 0 Å². The van der Waals surface area contributed by atoms with Gasteiger partial charge in [0, 0.05) is 50.4 Å². The first-order chi connectivity index (χ1) is 42.4. The average Bonchev–Trinajstić information content (AvgIpc) is 1.75. The van der Waals surface area contributed by atoms with Gasteiger partial charge in [0.25, 0.3) is 0 Å². The minimum absolute atomic E-state index is 0.170. The number of hydrogen-bond donors (Lipinski definition) is 0. The van der Waals surface area contributed by atoms with E-state index in [-0.39, 0.29) is 16.2 Å². The Balaban J connectivity index is 0.967. The van der Waals surface area contributed by atoms with Gasteiger partial charge in [0.1, 0.15) is 0 Å². The van der Waals surface area contributed by atoms with Crippen LogP contribution in [0.15, 0.2) is 279 Å². The largest absolute Gasteiger partial charge is 0.310 e. The molecule has 0 unspecified atom stereocenters. The summed E-state index contributed by atoms with van der Waals surface area (Å²) in [5, 5.41) is 10.0. The fourth-order valence-electron chi connectivity index (χ4n) is 16.1. The molecule has 2 nitrogen and oxygen atoms in total. The van der Waals surface area contributed by atoms with Crippen LogP contribution in [0.4, 0.5) is 34.1 Å². The van der Waals surface area contributed by atoms with E-state index in [0.29, 0.717) is 0 Å². The molecule has 0 spiro atoms. The van der Waals surface area contributed by atoms with Gasteiger partial charge in [-0.15, -0.1) is 0 Å². The van der Waals surface area contributed by atoms with Crippen molar-refractivity contribution in [1.82, 2.24) is 0 Å². The maximum absolute atomic E-state index is 2.55. The van der Waals surface area contributed by atoms with Gasteiger partial charge in [0.2, 0.25) is 0 Å². The van der Waals surface area contributed by atoms with Gasteiger partial charge in [-0.25, -0.2) is 0 Å². The summed E-state index contributed by atoms with van der Waals surface area (Å²) in [6, 6.07) is 105. The summed E-state index contributed by atoms with van der Waals surface area (Å²) in [5.74, 6) is 0. The molecule has 0 saturated heterocycles. The molecule has 0 amide bonds. The molecule has 414 valence electrons. The van der Waals surface area contributed by atoms with Crippen molar-refractivity contribution in [2.75, 3.05) is 9.80 Å². The maximum atomic E-state index is 2.55. The SMILES string of the molecule is CC1(C)c2ccccc2-c2ccc(N(c3ccccc3)c3ccc4c(-c5ccc6c(c5)C(C)(C)c5c-6ccc6ccccc56)c5cc(N(c6ccccc6)c6ccccc6)ccc5c(-c5ccc6c(c5)C(C)(C)c5c-6ccc6ccccc56)c4c3)cc21. The molecular formula is C85H64N2. The number of para-hydroxylation sites is 3. The Bertz CT molecular complexity index is 5140. The topological polar surface area (TPSA) is 6.48 Å². The van der Waals surface area contributed by atoms with Crippen molar-refractivity contribution in [3.8, 4) is 55.6 Å². The molecule has 0 atom stereocenters. The first-order valence-electron chi connectivity index (χ1n) is 30.8. The van der Waals surface area contributed by atoms with Crippen LogP contribution in [0.1, 0.15) is 74.9 Å². The summed E-state index contributed by atoms with van der Waals surface area (Å²) in [5.41, 5.74) is 26.9. The molecule has 14 aromatic rings. The van der Waals surface area contributed by atoms with Gasteiger partial charge in [-0.05, 0) is 217 Å². The normalized spacial score (nSPS) is 14.4. The second-order valence-electron chi connectivity index (χ2n) is 26.0. The molecule has 2 heteroatoms. The minimum Gasteiger partial charge on any atom is -0.310 e. The van der Waals surface area contributed by atoms with E-state index in [1.807, 2.05) is 0 Å². The third kappa shape index (κ3) is 7.53. The molecule has 14 aromatic carbocycles. The lowest BCUT2D eigenvalue weighted by atomic mass is 9.78. The number of nitrogens with zero attached hydrogens (tertiary/aromatic N) is 2. The summed E-state index contributed by atoms with van der Waals surface area (Å²) in [7, 11) is 0. The zero-order chi connectivity index (χ0) is 58.5. The number of hydrogen-bond acceptors (Lipinski definition) is 2. The van der Waals surface area contributed by atoms with Crippen LogP contribution < -0.4 is 9.80 Å². The van der Waals surface area contributed by atoms with Crippen LogP contribution in [0.25, 0.3) is 98.7 Å². The van der Waals surface area contributed by atoms with E-state index in [2.05, 4.69) is 330 Å². The molecule has 87 heavy (non-hydrogen) atoms. The summed E-state index contributed by atoms with van der Waals surface area (Å²) in [6.07, 6.45) is 0. The van der Waals surface area contributed by atoms with Crippen LogP contribution in [-0.2, 0) is 16.2 Å². The van der Waals surface area contributed by atoms with E-state index in [4.69, 9.17) is 0 Å². The van der Waals surface area contributed by atoms with Gasteiger partial charge in [-0.3, -0.25) is 0 Å². The van der Waals surface area contributed by atoms with Gasteiger partial charge in [0.15, 0.2) is 0 Å². The number of benzene rings is 14. The third-order valence-electron chi connectivity index (χ3n) is 20.1. The van der Waals surface area contributed by atoms with E-state index < -0.39 is 0 Å². The fraction of sp³-hybridized carbons (Fsp3) is 0.106. The molecule has 0 fully saturated rings. The predicted octanol–water partition coefficient (Wildman–Crippen LogP) is 23.5. The van der Waals surface area contributed by atoms with Crippen molar-refractivity contribution >= 4 is 77.2 Å². The third-order valence-corrected chi connectivity index (χ3v) is 20.1. The molecule has 0 N–H and O–H groups in total. The Morgan fingerprint density at radius 1 is 0.218 bits per heavy atom. The molecule has 3 aliphatic carbocycles. The van der Waals surface area contributed by atoms with Gasteiger partial charge in [-0.1, -0.05) is 236 Å². The quantitative estimate of drug-likeness (QED) is 0.140. The highest BCUT2D eigenvalue weighted by Crippen LogP contribution is 2.57. The molecule has 0 bridgehead atoms. The maximum Gasteiger partial charge on any atom is 0.0468 e. The van der Waals surface area contributed by atoms with Crippen LogP contribution >= 0.6 is 0 Å². The monoisotopic (exact) mass is 1110 g/mol. The van der Waals surface area contributed by atoms with E-state index in [1.54, 1.807) is 0 Å². The van der Waals surface area contributed by atoms with Crippen molar-refractivity contribution in [3.63, 3.8) is 0 Å². The smallest absolute Gasteiger partial charge is 0.0468 e. The van der Waals surface area contributed by atoms with Gasteiger partial charge < -0.3 is 9.80 Å². The van der Waals surface area contributed by atoms with Crippen LogP contribution in [0.3, 0.4) is 0 Å². The highest BCUT2D eigenvalue weighted by atomic mass is 15.1. The standard InChI is InChI=1S/C85H64N2/c1-83(2)75-33-21-20-32-65(75)66-45-38-62(52-78(66)83)87(59-28-14-9-15-29-59)61-40-47-70-74(51-61)80(56-37-42-68-72-44-35-54-23-17-19-31-64(54)82(72)85(5,6)77(68)49-56)69-46-39-60(86(57-24-10-7-11-25-57)58-26-12-8-13-27-58)50-73(69)79(70)55-36-41-67-71-43-34-53-22-16-18-30-63(53)81(71)84(3,4)76(67)48-55/h7-52H,1-6H3. The summed E-state index contributed by atoms with van der Waals surface area (Å²) < 4.78 is 0. The second kappa shape index (κ2) is 18.9.